The predicted molar refractivity (Wildman–Crippen MR) is 69.5 cm³/mol. The molecule has 1 N–H and O–H groups in total. The maximum Gasteiger partial charge on any atom is 0.0101 e. The van der Waals surface area contributed by atoms with Crippen LogP contribution < -0.4 is 5.32 Å². The third kappa shape index (κ3) is 3.08. The Labute approximate surface area is 99.3 Å². The second kappa shape index (κ2) is 5.49. The molecule has 1 aromatic carbocycles. The second-order valence-corrected chi connectivity index (χ2v) is 5.07. The van der Waals surface area contributed by atoms with E-state index < -0.39 is 0 Å². The zero-order valence-corrected chi connectivity index (χ0v) is 10.4. The predicted octanol–water partition coefficient (Wildman–Crippen LogP) is 3.25. The SMILES string of the molecule is CCNC(CCc1ccccc1)C1CC1C. The molecule has 0 saturated heterocycles. The number of hydrogen-bond donors (Lipinski definition) is 1. The van der Waals surface area contributed by atoms with Gasteiger partial charge in [-0.3, -0.25) is 0 Å². The molecular weight excluding hydrogens is 194 g/mol. The highest BCUT2D eigenvalue weighted by atomic mass is 14.9. The lowest BCUT2D eigenvalue weighted by Gasteiger charge is -2.17. The fourth-order valence-corrected chi connectivity index (χ4v) is 2.61. The van der Waals surface area contributed by atoms with Gasteiger partial charge in [0, 0.05) is 6.04 Å². The summed E-state index contributed by atoms with van der Waals surface area (Å²) in [6, 6.07) is 11.6. The van der Waals surface area contributed by atoms with E-state index in [0.29, 0.717) is 0 Å². The van der Waals surface area contributed by atoms with E-state index in [2.05, 4.69) is 49.5 Å². The van der Waals surface area contributed by atoms with Crippen LogP contribution in [-0.4, -0.2) is 12.6 Å². The lowest BCUT2D eigenvalue weighted by molar-refractivity contribution is 0.430. The van der Waals surface area contributed by atoms with E-state index in [4.69, 9.17) is 0 Å². The summed E-state index contributed by atoms with van der Waals surface area (Å²) in [6.45, 7) is 5.68. The maximum atomic E-state index is 3.65. The molecule has 3 atom stereocenters. The van der Waals surface area contributed by atoms with Crippen LogP contribution in [0.15, 0.2) is 30.3 Å². The van der Waals surface area contributed by atoms with E-state index >= 15 is 0 Å². The second-order valence-electron chi connectivity index (χ2n) is 5.07. The number of aryl methyl sites for hydroxylation is 1. The minimum atomic E-state index is 0.736. The highest BCUT2D eigenvalue weighted by molar-refractivity contribution is 5.15. The minimum absolute atomic E-state index is 0.736. The van der Waals surface area contributed by atoms with Gasteiger partial charge in [-0.25, -0.2) is 0 Å². The Bertz CT molecular complexity index is 306. The Morgan fingerprint density at radius 2 is 2.00 bits per heavy atom. The van der Waals surface area contributed by atoms with Gasteiger partial charge in [0.1, 0.15) is 0 Å². The van der Waals surface area contributed by atoms with Crippen LogP contribution in [0.5, 0.6) is 0 Å². The fraction of sp³-hybridized carbons (Fsp3) is 0.600. The molecule has 0 bridgehead atoms. The summed E-state index contributed by atoms with van der Waals surface area (Å²) in [4.78, 5) is 0. The first kappa shape index (κ1) is 11.7. The molecule has 0 spiro atoms. The van der Waals surface area contributed by atoms with Crippen molar-refractivity contribution in [3.8, 4) is 0 Å². The first-order chi connectivity index (χ1) is 7.81. The number of rotatable bonds is 6. The van der Waals surface area contributed by atoms with Crippen LogP contribution in [0.3, 0.4) is 0 Å². The van der Waals surface area contributed by atoms with Crippen LogP contribution in [-0.2, 0) is 6.42 Å². The Hall–Kier alpha value is -0.820. The Morgan fingerprint density at radius 1 is 1.31 bits per heavy atom. The molecule has 0 radical (unpaired) electrons. The van der Waals surface area contributed by atoms with Crippen molar-refractivity contribution in [2.45, 2.75) is 39.2 Å². The summed E-state index contributed by atoms with van der Waals surface area (Å²) in [5.41, 5.74) is 1.47. The molecule has 1 saturated carbocycles. The maximum absolute atomic E-state index is 3.65. The molecule has 1 heteroatoms. The van der Waals surface area contributed by atoms with E-state index in [1.165, 1.54) is 24.8 Å². The molecule has 3 unspecified atom stereocenters. The van der Waals surface area contributed by atoms with Crippen molar-refractivity contribution in [1.29, 1.82) is 0 Å². The molecule has 1 aliphatic carbocycles. The highest BCUT2D eigenvalue weighted by Crippen LogP contribution is 2.41. The molecular formula is C15H23N. The number of hydrogen-bond acceptors (Lipinski definition) is 1. The van der Waals surface area contributed by atoms with Gasteiger partial charge in [-0.05, 0) is 43.2 Å². The Balaban J connectivity index is 1.82. The summed E-state index contributed by atoms with van der Waals surface area (Å²) < 4.78 is 0. The lowest BCUT2D eigenvalue weighted by atomic mass is 10.0. The Morgan fingerprint density at radius 3 is 2.56 bits per heavy atom. The van der Waals surface area contributed by atoms with Crippen LogP contribution in [0.25, 0.3) is 0 Å². The van der Waals surface area contributed by atoms with Crippen LogP contribution in [0.4, 0.5) is 0 Å². The molecule has 0 amide bonds. The molecule has 1 nitrogen and oxygen atoms in total. The largest absolute Gasteiger partial charge is 0.314 e. The van der Waals surface area contributed by atoms with E-state index in [1.807, 2.05) is 0 Å². The van der Waals surface area contributed by atoms with Gasteiger partial charge in [-0.2, -0.15) is 0 Å². The highest BCUT2D eigenvalue weighted by Gasteiger charge is 2.38. The summed E-state index contributed by atoms with van der Waals surface area (Å²) in [7, 11) is 0. The van der Waals surface area contributed by atoms with E-state index in [-0.39, 0.29) is 0 Å². The molecule has 1 aromatic rings. The van der Waals surface area contributed by atoms with Crippen LogP contribution in [0, 0.1) is 11.8 Å². The minimum Gasteiger partial charge on any atom is -0.314 e. The molecule has 0 aromatic heterocycles. The van der Waals surface area contributed by atoms with Gasteiger partial charge in [0.05, 0.1) is 0 Å². The standard InChI is InChI=1S/C15H23N/c1-3-16-15(14-11-12(14)2)10-9-13-7-5-4-6-8-13/h4-8,12,14-16H,3,9-11H2,1-2H3. The molecule has 1 aliphatic rings. The smallest absolute Gasteiger partial charge is 0.0101 e. The first-order valence-electron chi connectivity index (χ1n) is 6.58. The van der Waals surface area contributed by atoms with Gasteiger partial charge in [0.2, 0.25) is 0 Å². The van der Waals surface area contributed by atoms with Crippen molar-refractivity contribution < 1.29 is 0 Å². The molecule has 0 aliphatic heterocycles. The van der Waals surface area contributed by atoms with Crippen molar-refractivity contribution in [3.05, 3.63) is 35.9 Å². The van der Waals surface area contributed by atoms with Gasteiger partial charge < -0.3 is 5.32 Å². The van der Waals surface area contributed by atoms with Crippen LogP contribution in [0.1, 0.15) is 32.3 Å². The van der Waals surface area contributed by atoms with Crippen molar-refractivity contribution in [2.75, 3.05) is 6.54 Å². The van der Waals surface area contributed by atoms with Crippen molar-refractivity contribution in [2.24, 2.45) is 11.8 Å². The van der Waals surface area contributed by atoms with E-state index in [0.717, 1.165) is 24.4 Å². The van der Waals surface area contributed by atoms with Crippen molar-refractivity contribution in [1.82, 2.24) is 5.32 Å². The van der Waals surface area contributed by atoms with Gasteiger partial charge in [0.25, 0.3) is 0 Å². The molecule has 2 rings (SSSR count). The Kier molecular flexibility index (Phi) is 4.00. The summed E-state index contributed by atoms with van der Waals surface area (Å²) in [5, 5.41) is 3.65. The van der Waals surface area contributed by atoms with Gasteiger partial charge in [-0.1, -0.05) is 44.2 Å². The van der Waals surface area contributed by atoms with Gasteiger partial charge in [-0.15, -0.1) is 0 Å². The molecule has 16 heavy (non-hydrogen) atoms. The summed E-state index contributed by atoms with van der Waals surface area (Å²) in [6.07, 6.45) is 3.92. The van der Waals surface area contributed by atoms with Gasteiger partial charge >= 0.3 is 0 Å². The van der Waals surface area contributed by atoms with Crippen molar-refractivity contribution >= 4 is 0 Å². The lowest BCUT2D eigenvalue weighted by Crippen LogP contribution is -2.31. The van der Waals surface area contributed by atoms with Crippen LogP contribution in [0.2, 0.25) is 0 Å². The van der Waals surface area contributed by atoms with Crippen molar-refractivity contribution in [3.63, 3.8) is 0 Å². The topological polar surface area (TPSA) is 12.0 Å². The van der Waals surface area contributed by atoms with E-state index in [9.17, 15) is 0 Å². The average molecular weight is 217 g/mol. The summed E-state index contributed by atoms with van der Waals surface area (Å²) >= 11 is 0. The number of benzene rings is 1. The van der Waals surface area contributed by atoms with Gasteiger partial charge in [0.15, 0.2) is 0 Å². The fourth-order valence-electron chi connectivity index (χ4n) is 2.61. The number of nitrogens with one attached hydrogen (secondary N) is 1. The monoisotopic (exact) mass is 217 g/mol. The van der Waals surface area contributed by atoms with E-state index in [1.54, 1.807) is 0 Å². The quantitative estimate of drug-likeness (QED) is 0.771. The normalized spacial score (nSPS) is 25.4. The zero-order valence-electron chi connectivity index (χ0n) is 10.4. The molecule has 1 fully saturated rings. The third-order valence-electron chi connectivity index (χ3n) is 3.74. The zero-order chi connectivity index (χ0) is 11.4. The average Bonchev–Trinajstić information content (AvgIpc) is 3.03. The first-order valence-corrected chi connectivity index (χ1v) is 6.58. The molecule has 88 valence electrons. The van der Waals surface area contributed by atoms with Crippen LogP contribution >= 0.6 is 0 Å². The molecule has 0 heterocycles. The summed E-state index contributed by atoms with van der Waals surface area (Å²) in [5.74, 6) is 1.88. The third-order valence-corrected chi connectivity index (χ3v) is 3.74.